The number of carbonyl (C=O) groups excluding carboxylic acids is 1. The minimum Gasteiger partial charge on any atom is -0.378 e. The predicted molar refractivity (Wildman–Crippen MR) is 77.4 cm³/mol. The molecule has 1 atom stereocenters. The van der Waals surface area contributed by atoms with Crippen molar-refractivity contribution in [2.75, 3.05) is 25.5 Å². The first-order valence-electron chi connectivity index (χ1n) is 7.19. The molecule has 1 amide bonds. The Hall–Kier alpha value is -1.51. The van der Waals surface area contributed by atoms with E-state index in [9.17, 15) is 4.79 Å². The lowest BCUT2D eigenvalue weighted by atomic mass is 9.73. The lowest BCUT2D eigenvalue weighted by Gasteiger charge is -2.28. The van der Waals surface area contributed by atoms with E-state index in [2.05, 4.69) is 34.5 Å². The Kier molecular flexibility index (Phi) is 3.00. The van der Waals surface area contributed by atoms with Gasteiger partial charge in [-0.2, -0.15) is 0 Å². The summed E-state index contributed by atoms with van der Waals surface area (Å²) < 4.78 is 0. The Labute approximate surface area is 115 Å². The van der Waals surface area contributed by atoms with E-state index in [1.165, 1.54) is 24.1 Å². The molecule has 1 saturated carbocycles. The third kappa shape index (κ3) is 1.92. The Balaban J connectivity index is 1.91. The molecule has 1 spiro atoms. The van der Waals surface area contributed by atoms with Crippen LogP contribution in [0.2, 0.25) is 0 Å². The fourth-order valence-electron chi connectivity index (χ4n) is 3.75. The van der Waals surface area contributed by atoms with Gasteiger partial charge in [0.05, 0.1) is 5.41 Å². The van der Waals surface area contributed by atoms with Gasteiger partial charge in [-0.1, -0.05) is 25.0 Å². The van der Waals surface area contributed by atoms with Crippen LogP contribution in [0.25, 0.3) is 0 Å². The van der Waals surface area contributed by atoms with Crippen LogP contribution in [-0.4, -0.2) is 26.5 Å². The largest absolute Gasteiger partial charge is 0.378 e. The topological polar surface area (TPSA) is 32.3 Å². The second-order valence-electron chi connectivity index (χ2n) is 6.11. The smallest absolute Gasteiger partial charge is 0.226 e. The van der Waals surface area contributed by atoms with Crippen LogP contribution in [0.1, 0.15) is 37.2 Å². The Morgan fingerprint density at radius 2 is 1.79 bits per heavy atom. The molecule has 3 rings (SSSR count). The normalized spacial score (nSPS) is 24.7. The highest BCUT2D eigenvalue weighted by Crippen LogP contribution is 2.51. The van der Waals surface area contributed by atoms with Gasteiger partial charge in [-0.25, -0.2) is 0 Å². The summed E-state index contributed by atoms with van der Waals surface area (Å²) in [4.78, 5) is 14.3. The Morgan fingerprint density at radius 3 is 2.37 bits per heavy atom. The fourth-order valence-corrected chi connectivity index (χ4v) is 3.75. The van der Waals surface area contributed by atoms with Crippen LogP contribution < -0.4 is 10.2 Å². The molecule has 2 aliphatic rings. The van der Waals surface area contributed by atoms with Crippen LogP contribution in [0.15, 0.2) is 24.3 Å². The van der Waals surface area contributed by atoms with Crippen LogP contribution in [0.3, 0.4) is 0 Å². The first-order chi connectivity index (χ1) is 9.13. The number of nitrogens with one attached hydrogen (secondary N) is 1. The van der Waals surface area contributed by atoms with Gasteiger partial charge in [-0.15, -0.1) is 0 Å². The predicted octanol–water partition coefficient (Wildman–Crippen LogP) is 2.53. The van der Waals surface area contributed by atoms with Gasteiger partial charge in [0.25, 0.3) is 0 Å². The van der Waals surface area contributed by atoms with E-state index >= 15 is 0 Å². The molecule has 3 heteroatoms. The van der Waals surface area contributed by atoms with E-state index in [-0.39, 0.29) is 11.3 Å². The standard InChI is InChI=1S/C16H22N2O/c1-18(2)13-7-5-12(6-8-13)14-11-17-15(19)16(14)9-3-4-10-16/h5-8,14H,3-4,9-11H2,1-2H3,(H,17,19)/t14-/m1/s1. The quantitative estimate of drug-likeness (QED) is 0.884. The molecule has 102 valence electrons. The zero-order valence-corrected chi connectivity index (χ0v) is 11.8. The van der Waals surface area contributed by atoms with Gasteiger partial charge in [-0.3, -0.25) is 4.79 Å². The van der Waals surface area contributed by atoms with Crippen LogP contribution in [0.4, 0.5) is 5.69 Å². The highest BCUT2D eigenvalue weighted by Gasteiger charge is 2.51. The summed E-state index contributed by atoms with van der Waals surface area (Å²) >= 11 is 0. The molecule has 3 nitrogen and oxygen atoms in total. The van der Waals surface area contributed by atoms with Gasteiger partial charge >= 0.3 is 0 Å². The Morgan fingerprint density at radius 1 is 1.16 bits per heavy atom. The number of nitrogens with zero attached hydrogens (tertiary/aromatic N) is 1. The van der Waals surface area contributed by atoms with Crippen molar-refractivity contribution >= 4 is 11.6 Å². The molecule has 1 N–H and O–H groups in total. The molecule has 19 heavy (non-hydrogen) atoms. The monoisotopic (exact) mass is 258 g/mol. The third-order valence-electron chi connectivity index (χ3n) is 4.89. The average Bonchev–Trinajstić information content (AvgIpc) is 3.01. The van der Waals surface area contributed by atoms with Gasteiger partial charge in [0.15, 0.2) is 0 Å². The highest BCUT2D eigenvalue weighted by molar-refractivity contribution is 5.86. The van der Waals surface area contributed by atoms with Crippen molar-refractivity contribution in [2.45, 2.75) is 31.6 Å². The molecule has 1 aliphatic heterocycles. The third-order valence-corrected chi connectivity index (χ3v) is 4.89. The number of anilines is 1. The van der Waals surface area contributed by atoms with Crippen molar-refractivity contribution in [3.05, 3.63) is 29.8 Å². The van der Waals surface area contributed by atoms with E-state index in [1.807, 2.05) is 14.1 Å². The first-order valence-corrected chi connectivity index (χ1v) is 7.19. The number of rotatable bonds is 2. The van der Waals surface area contributed by atoms with Crippen molar-refractivity contribution in [1.82, 2.24) is 5.32 Å². The van der Waals surface area contributed by atoms with E-state index < -0.39 is 0 Å². The summed E-state index contributed by atoms with van der Waals surface area (Å²) in [5, 5.41) is 3.09. The second kappa shape index (κ2) is 4.55. The number of amides is 1. The molecular weight excluding hydrogens is 236 g/mol. The second-order valence-corrected chi connectivity index (χ2v) is 6.11. The maximum Gasteiger partial charge on any atom is 0.226 e. The van der Waals surface area contributed by atoms with Crippen LogP contribution in [-0.2, 0) is 4.79 Å². The number of benzene rings is 1. The van der Waals surface area contributed by atoms with E-state index in [4.69, 9.17) is 0 Å². The minimum atomic E-state index is -0.111. The van der Waals surface area contributed by atoms with Crippen LogP contribution in [0, 0.1) is 5.41 Å². The summed E-state index contributed by atoms with van der Waals surface area (Å²) in [5.41, 5.74) is 2.41. The molecule has 1 heterocycles. The number of carbonyl (C=O) groups is 1. The van der Waals surface area contributed by atoms with Gasteiger partial charge in [0, 0.05) is 32.2 Å². The molecule has 1 aromatic carbocycles. The SMILES string of the molecule is CN(C)c1ccc([C@H]2CNC(=O)C23CCCC3)cc1. The number of hydrogen-bond acceptors (Lipinski definition) is 2. The molecule has 1 saturated heterocycles. The van der Waals surface area contributed by atoms with E-state index in [0.717, 1.165) is 19.4 Å². The molecule has 0 aromatic heterocycles. The summed E-state index contributed by atoms with van der Waals surface area (Å²) in [7, 11) is 4.10. The zero-order chi connectivity index (χ0) is 13.5. The maximum atomic E-state index is 12.2. The lowest BCUT2D eigenvalue weighted by molar-refractivity contribution is -0.127. The van der Waals surface area contributed by atoms with Crippen molar-refractivity contribution < 1.29 is 4.79 Å². The van der Waals surface area contributed by atoms with Crippen LogP contribution in [0.5, 0.6) is 0 Å². The van der Waals surface area contributed by atoms with E-state index in [1.54, 1.807) is 0 Å². The maximum absolute atomic E-state index is 12.2. The molecule has 0 radical (unpaired) electrons. The van der Waals surface area contributed by atoms with Crippen molar-refractivity contribution in [3.8, 4) is 0 Å². The summed E-state index contributed by atoms with van der Waals surface area (Å²) in [6, 6.07) is 8.70. The molecule has 1 aromatic rings. The summed E-state index contributed by atoms with van der Waals surface area (Å²) in [6.07, 6.45) is 4.50. The summed E-state index contributed by atoms with van der Waals surface area (Å²) in [5.74, 6) is 0.644. The van der Waals surface area contributed by atoms with Crippen molar-refractivity contribution in [3.63, 3.8) is 0 Å². The van der Waals surface area contributed by atoms with Gasteiger partial charge in [0.2, 0.25) is 5.91 Å². The number of hydrogen-bond donors (Lipinski definition) is 1. The molecule has 0 unspecified atom stereocenters. The van der Waals surface area contributed by atoms with Crippen molar-refractivity contribution in [1.29, 1.82) is 0 Å². The van der Waals surface area contributed by atoms with Gasteiger partial charge < -0.3 is 10.2 Å². The molecule has 2 fully saturated rings. The fraction of sp³-hybridized carbons (Fsp3) is 0.562. The van der Waals surface area contributed by atoms with Crippen molar-refractivity contribution in [2.24, 2.45) is 5.41 Å². The van der Waals surface area contributed by atoms with Gasteiger partial charge in [-0.05, 0) is 30.5 Å². The lowest BCUT2D eigenvalue weighted by Crippen LogP contribution is -2.31. The first kappa shape index (κ1) is 12.5. The highest BCUT2D eigenvalue weighted by atomic mass is 16.2. The molecular formula is C16H22N2O. The van der Waals surface area contributed by atoms with E-state index in [0.29, 0.717) is 5.92 Å². The molecule has 1 aliphatic carbocycles. The molecule has 0 bridgehead atoms. The average molecular weight is 258 g/mol. The Bertz CT molecular complexity index is 472. The zero-order valence-electron chi connectivity index (χ0n) is 11.8. The summed E-state index contributed by atoms with van der Waals surface area (Å²) in [6.45, 7) is 0.806. The minimum absolute atomic E-state index is 0.111. The van der Waals surface area contributed by atoms with Gasteiger partial charge in [0.1, 0.15) is 0 Å². The van der Waals surface area contributed by atoms with Crippen LogP contribution >= 0.6 is 0 Å².